The zero-order valence-electron chi connectivity index (χ0n) is 6.39. The molecular weight excluding hydrogens is 166 g/mol. The van der Waals surface area contributed by atoms with Gasteiger partial charge in [0.25, 0.3) is 0 Å². The Morgan fingerprint density at radius 2 is 2.42 bits per heavy atom. The summed E-state index contributed by atoms with van der Waals surface area (Å²) in [6.45, 7) is 1.80. The van der Waals surface area contributed by atoms with Gasteiger partial charge in [-0.3, -0.25) is 4.63 Å². The summed E-state index contributed by atoms with van der Waals surface area (Å²) >= 11 is 0. The van der Waals surface area contributed by atoms with E-state index in [1.807, 2.05) is 0 Å². The van der Waals surface area contributed by atoms with E-state index in [9.17, 15) is 15.3 Å². The van der Waals surface area contributed by atoms with Gasteiger partial charge in [-0.15, -0.1) is 0 Å². The molecule has 0 fully saturated rings. The van der Waals surface area contributed by atoms with Crippen LogP contribution in [0.15, 0.2) is 4.63 Å². The Labute approximate surface area is 67.3 Å². The first-order valence-electron chi connectivity index (χ1n) is 3.39. The SMILES string of the molecule is CCCc1c([N+](=O)[O-])no[n+]1[O-]. The Balaban J connectivity index is 3.03. The van der Waals surface area contributed by atoms with Crippen LogP contribution in [0.4, 0.5) is 5.82 Å². The number of nitro groups is 1. The van der Waals surface area contributed by atoms with Crippen molar-refractivity contribution >= 4 is 5.82 Å². The second-order valence-corrected chi connectivity index (χ2v) is 2.21. The molecule has 0 aliphatic rings. The number of hydrogen-bond acceptors (Lipinski definition) is 5. The molecule has 0 saturated carbocycles. The van der Waals surface area contributed by atoms with Crippen LogP contribution in [0, 0.1) is 15.3 Å². The molecule has 1 rings (SSSR count). The third-order valence-corrected chi connectivity index (χ3v) is 1.34. The molecule has 0 saturated heterocycles. The summed E-state index contributed by atoms with van der Waals surface area (Å²) in [4.78, 5) is 9.58. The fraction of sp³-hybridized carbons (Fsp3) is 0.600. The van der Waals surface area contributed by atoms with Crippen molar-refractivity contribution in [3.8, 4) is 0 Å². The van der Waals surface area contributed by atoms with Crippen molar-refractivity contribution < 1.29 is 14.5 Å². The minimum atomic E-state index is -0.733. The van der Waals surface area contributed by atoms with Gasteiger partial charge >= 0.3 is 5.82 Å². The summed E-state index contributed by atoms with van der Waals surface area (Å²) in [5.74, 6) is -0.494. The smallest absolute Gasteiger partial charge is 0.359 e. The van der Waals surface area contributed by atoms with Crippen LogP contribution in [0.1, 0.15) is 19.0 Å². The van der Waals surface area contributed by atoms with E-state index in [0.717, 1.165) is 0 Å². The molecule has 66 valence electrons. The quantitative estimate of drug-likeness (QED) is 0.368. The largest absolute Gasteiger partial charge is 0.435 e. The first-order chi connectivity index (χ1) is 5.66. The van der Waals surface area contributed by atoms with Crippen molar-refractivity contribution in [2.75, 3.05) is 0 Å². The standard InChI is InChI=1S/C5H7N3O4/c1-2-3-4-5(7(9)10)6-12-8(4)11/h2-3H2,1H3. The number of nitrogens with zero attached hydrogens (tertiary/aromatic N) is 3. The third kappa shape index (κ3) is 1.34. The van der Waals surface area contributed by atoms with Crippen molar-refractivity contribution in [3.05, 3.63) is 21.0 Å². The Hall–Kier alpha value is -1.66. The van der Waals surface area contributed by atoms with Crippen molar-refractivity contribution in [1.29, 1.82) is 0 Å². The van der Waals surface area contributed by atoms with Crippen LogP contribution in [-0.4, -0.2) is 10.1 Å². The molecule has 0 aliphatic heterocycles. The molecule has 0 aromatic carbocycles. The maximum atomic E-state index is 10.7. The summed E-state index contributed by atoms with van der Waals surface area (Å²) in [7, 11) is 0. The molecule has 7 nitrogen and oxygen atoms in total. The molecule has 0 aliphatic carbocycles. The highest BCUT2D eigenvalue weighted by atomic mass is 16.8. The zero-order valence-corrected chi connectivity index (χ0v) is 6.39. The van der Waals surface area contributed by atoms with Crippen LogP contribution in [0.2, 0.25) is 0 Å². The number of hydrogen-bond donors (Lipinski definition) is 0. The lowest BCUT2D eigenvalue weighted by Crippen LogP contribution is -2.28. The van der Waals surface area contributed by atoms with E-state index in [-0.39, 0.29) is 10.6 Å². The number of aromatic nitrogens is 2. The minimum Gasteiger partial charge on any atom is -0.359 e. The molecule has 0 bridgehead atoms. The first kappa shape index (κ1) is 8.44. The summed E-state index contributed by atoms with van der Waals surface area (Å²) in [6, 6.07) is 0. The zero-order chi connectivity index (χ0) is 9.14. The third-order valence-electron chi connectivity index (χ3n) is 1.34. The van der Waals surface area contributed by atoms with Crippen molar-refractivity contribution in [3.63, 3.8) is 0 Å². The van der Waals surface area contributed by atoms with E-state index in [2.05, 4.69) is 9.79 Å². The Bertz CT molecular complexity index is 295. The van der Waals surface area contributed by atoms with Gasteiger partial charge < -0.3 is 15.3 Å². The van der Waals surface area contributed by atoms with E-state index in [4.69, 9.17) is 0 Å². The second kappa shape index (κ2) is 3.16. The fourth-order valence-corrected chi connectivity index (χ4v) is 0.838. The monoisotopic (exact) mass is 173 g/mol. The lowest BCUT2D eigenvalue weighted by Gasteiger charge is -1.92. The van der Waals surface area contributed by atoms with Crippen LogP contribution >= 0.6 is 0 Å². The Morgan fingerprint density at radius 3 is 2.92 bits per heavy atom. The minimum absolute atomic E-state index is 0.0255. The second-order valence-electron chi connectivity index (χ2n) is 2.21. The van der Waals surface area contributed by atoms with E-state index >= 15 is 0 Å². The molecule has 0 spiro atoms. The van der Waals surface area contributed by atoms with E-state index in [0.29, 0.717) is 12.8 Å². The van der Waals surface area contributed by atoms with Gasteiger partial charge in [0, 0.05) is 6.42 Å². The van der Waals surface area contributed by atoms with Crippen LogP contribution < -0.4 is 4.90 Å². The van der Waals surface area contributed by atoms with Crippen molar-refractivity contribution in [2.24, 2.45) is 0 Å². The molecule has 0 radical (unpaired) electrons. The molecule has 0 N–H and O–H groups in total. The van der Waals surface area contributed by atoms with E-state index in [1.165, 1.54) is 0 Å². The van der Waals surface area contributed by atoms with Crippen LogP contribution in [0.25, 0.3) is 0 Å². The lowest BCUT2D eigenvalue weighted by atomic mass is 10.2. The molecule has 12 heavy (non-hydrogen) atoms. The topological polar surface area (TPSA) is 96.1 Å². The van der Waals surface area contributed by atoms with Gasteiger partial charge in [0.15, 0.2) is 0 Å². The summed E-state index contributed by atoms with van der Waals surface area (Å²) in [5.41, 5.74) is -0.0255. The lowest BCUT2D eigenvalue weighted by molar-refractivity contribution is -0.808. The average Bonchev–Trinajstić information content (AvgIpc) is 2.34. The molecule has 0 atom stereocenters. The predicted molar refractivity (Wildman–Crippen MR) is 36.1 cm³/mol. The highest BCUT2D eigenvalue weighted by molar-refractivity contribution is 5.18. The van der Waals surface area contributed by atoms with Gasteiger partial charge in [-0.2, -0.15) is 0 Å². The highest BCUT2D eigenvalue weighted by Gasteiger charge is 2.23. The Morgan fingerprint density at radius 1 is 1.75 bits per heavy atom. The maximum absolute atomic E-state index is 10.7. The molecule has 0 amide bonds. The molecule has 1 heterocycles. The molecule has 1 aromatic rings. The van der Waals surface area contributed by atoms with E-state index < -0.39 is 10.7 Å². The number of rotatable bonds is 3. The molecule has 1 aromatic heterocycles. The van der Waals surface area contributed by atoms with Gasteiger partial charge in [0.05, 0.1) is 5.16 Å². The van der Waals surface area contributed by atoms with Gasteiger partial charge in [-0.25, -0.2) is 0 Å². The summed E-state index contributed by atoms with van der Waals surface area (Å²) in [6.07, 6.45) is 0.924. The van der Waals surface area contributed by atoms with Gasteiger partial charge in [-0.1, -0.05) is 6.92 Å². The van der Waals surface area contributed by atoms with Crippen molar-refractivity contribution in [1.82, 2.24) is 5.16 Å². The fourth-order valence-electron chi connectivity index (χ4n) is 0.838. The summed E-state index contributed by atoms with van der Waals surface area (Å²) < 4.78 is 4.08. The average molecular weight is 173 g/mol. The van der Waals surface area contributed by atoms with Gasteiger partial charge in [0.1, 0.15) is 0 Å². The first-order valence-corrected chi connectivity index (χ1v) is 3.39. The van der Waals surface area contributed by atoms with Crippen molar-refractivity contribution in [2.45, 2.75) is 19.8 Å². The highest BCUT2D eigenvalue weighted by Crippen LogP contribution is 2.11. The van der Waals surface area contributed by atoms with Crippen LogP contribution in [0.5, 0.6) is 0 Å². The van der Waals surface area contributed by atoms with Crippen LogP contribution in [-0.2, 0) is 6.42 Å². The molecular formula is C5H7N3O4. The Kier molecular flexibility index (Phi) is 2.22. The maximum Gasteiger partial charge on any atom is 0.435 e. The van der Waals surface area contributed by atoms with Crippen LogP contribution in [0.3, 0.4) is 0 Å². The molecule has 0 unspecified atom stereocenters. The molecule has 7 heteroatoms. The normalized spacial score (nSPS) is 10.1. The van der Waals surface area contributed by atoms with E-state index in [1.54, 1.807) is 6.92 Å². The predicted octanol–water partition coefficient (Wildman–Crippen LogP) is 0.169. The summed E-state index contributed by atoms with van der Waals surface area (Å²) in [5, 5.41) is 24.0. The van der Waals surface area contributed by atoms with Gasteiger partial charge in [0.2, 0.25) is 5.69 Å². The van der Waals surface area contributed by atoms with Gasteiger partial charge in [-0.05, 0) is 16.2 Å².